The zero-order valence-electron chi connectivity index (χ0n) is 10.5. The molecule has 0 aliphatic heterocycles. The molecule has 4 nitrogen and oxygen atoms in total. The van der Waals surface area contributed by atoms with Crippen LogP contribution in [0.15, 0.2) is 12.7 Å². The molecule has 0 heterocycles. The standard InChI is InChI=1S/C8H16F2O3S.C3H7N/c9-6-4-2-1-3-5-8(10)7-14(11,12)13;1-2-3-4/h8H,1-7H2,(H,11,12,13);2H,1,3-4H2. The third kappa shape index (κ3) is 20.8. The van der Waals surface area contributed by atoms with Crippen molar-refractivity contribution in [2.24, 2.45) is 5.73 Å². The molecule has 0 radical (unpaired) electrons. The minimum Gasteiger partial charge on any atom is -0.327 e. The van der Waals surface area contributed by atoms with E-state index >= 15 is 0 Å². The molecule has 0 amide bonds. The molecule has 0 saturated heterocycles. The van der Waals surface area contributed by atoms with Crippen molar-refractivity contribution in [2.45, 2.75) is 38.3 Å². The zero-order valence-corrected chi connectivity index (χ0v) is 11.3. The summed E-state index contributed by atoms with van der Waals surface area (Å²) in [5.74, 6) is -0.837. The molecule has 7 heteroatoms. The van der Waals surface area contributed by atoms with E-state index in [1.54, 1.807) is 6.08 Å². The lowest BCUT2D eigenvalue weighted by Crippen LogP contribution is -2.16. The van der Waals surface area contributed by atoms with Crippen molar-refractivity contribution in [3.63, 3.8) is 0 Å². The summed E-state index contributed by atoms with van der Waals surface area (Å²) in [6.07, 6.45) is 2.61. The maximum atomic E-state index is 12.8. The monoisotopic (exact) mass is 287 g/mol. The van der Waals surface area contributed by atoms with Crippen LogP contribution in [0.5, 0.6) is 0 Å². The first-order chi connectivity index (χ1) is 8.37. The maximum absolute atomic E-state index is 12.8. The molecular weight excluding hydrogens is 264 g/mol. The fourth-order valence-corrected chi connectivity index (χ4v) is 1.75. The van der Waals surface area contributed by atoms with Gasteiger partial charge in [-0.25, -0.2) is 4.39 Å². The van der Waals surface area contributed by atoms with Crippen LogP contribution in [-0.4, -0.2) is 38.1 Å². The molecule has 0 spiro atoms. The van der Waals surface area contributed by atoms with E-state index in [0.717, 1.165) is 0 Å². The van der Waals surface area contributed by atoms with E-state index < -0.39 is 22.0 Å². The van der Waals surface area contributed by atoms with E-state index in [1.807, 2.05) is 0 Å². The smallest absolute Gasteiger partial charge is 0.267 e. The summed E-state index contributed by atoms with van der Waals surface area (Å²) >= 11 is 0. The molecule has 0 aromatic carbocycles. The number of halogens is 2. The number of hydrogen-bond donors (Lipinski definition) is 2. The van der Waals surface area contributed by atoms with Crippen LogP contribution >= 0.6 is 0 Å². The zero-order chi connectivity index (χ0) is 14.4. The highest BCUT2D eigenvalue weighted by Gasteiger charge is 2.14. The van der Waals surface area contributed by atoms with Crippen LogP contribution in [0.3, 0.4) is 0 Å². The molecule has 0 saturated carbocycles. The van der Waals surface area contributed by atoms with Crippen LogP contribution in [0, 0.1) is 0 Å². The summed E-state index contributed by atoms with van der Waals surface area (Å²) in [4.78, 5) is 0. The molecule has 1 unspecified atom stereocenters. The number of hydrogen-bond acceptors (Lipinski definition) is 3. The maximum Gasteiger partial charge on any atom is 0.267 e. The normalized spacial score (nSPS) is 12.4. The minimum absolute atomic E-state index is 0.103. The van der Waals surface area contributed by atoms with Crippen LogP contribution in [-0.2, 0) is 10.1 Å². The number of alkyl halides is 2. The highest BCUT2D eigenvalue weighted by atomic mass is 32.2. The van der Waals surface area contributed by atoms with Crippen molar-refractivity contribution in [1.82, 2.24) is 0 Å². The van der Waals surface area contributed by atoms with Gasteiger partial charge in [-0.1, -0.05) is 25.3 Å². The van der Waals surface area contributed by atoms with Gasteiger partial charge in [-0.05, 0) is 12.8 Å². The lowest BCUT2D eigenvalue weighted by molar-refractivity contribution is 0.323. The van der Waals surface area contributed by atoms with Crippen molar-refractivity contribution >= 4 is 10.1 Å². The van der Waals surface area contributed by atoms with Gasteiger partial charge < -0.3 is 5.73 Å². The van der Waals surface area contributed by atoms with Gasteiger partial charge in [-0.2, -0.15) is 8.42 Å². The Hall–Kier alpha value is -0.530. The molecule has 0 aliphatic carbocycles. The first kappa shape index (κ1) is 19.8. The van der Waals surface area contributed by atoms with Crippen molar-refractivity contribution in [3.8, 4) is 0 Å². The number of unbranched alkanes of at least 4 members (excludes halogenated alkanes) is 3. The molecule has 0 rings (SSSR count). The Bertz CT molecular complexity index is 284. The van der Waals surface area contributed by atoms with E-state index in [9.17, 15) is 17.2 Å². The molecule has 18 heavy (non-hydrogen) atoms. The second-order valence-corrected chi connectivity index (χ2v) is 5.26. The molecular formula is C11H23F2NO3S. The summed E-state index contributed by atoms with van der Waals surface area (Å²) in [5.41, 5.74) is 4.91. The number of rotatable bonds is 9. The van der Waals surface area contributed by atoms with Gasteiger partial charge in [0.25, 0.3) is 10.1 Å². The molecule has 0 aromatic rings. The SMILES string of the molecule is C=CCN.O=S(=O)(O)CC(F)CCCCCCF. The van der Waals surface area contributed by atoms with Crippen LogP contribution in [0.1, 0.15) is 32.1 Å². The van der Waals surface area contributed by atoms with Gasteiger partial charge in [0.1, 0.15) is 11.9 Å². The van der Waals surface area contributed by atoms with Crippen molar-refractivity contribution < 1.29 is 21.8 Å². The lowest BCUT2D eigenvalue weighted by Gasteiger charge is -2.05. The average Bonchev–Trinajstić information content (AvgIpc) is 2.27. The van der Waals surface area contributed by atoms with E-state index in [0.29, 0.717) is 32.2 Å². The third-order valence-corrected chi connectivity index (χ3v) is 2.74. The van der Waals surface area contributed by atoms with Gasteiger partial charge in [0.05, 0.1) is 6.67 Å². The fraction of sp³-hybridized carbons (Fsp3) is 0.818. The predicted octanol–water partition coefficient (Wildman–Crippen LogP) is 2.26. The van der Waals surface area contributed by atoms with Crippen molar-refractivity contribution in [3.05, 3.63) is 12.7 Å². The van der Waals surface area contributed by atoms with E-state index in [4.69, 9.17) is 10.3 Å². The molecule has 110 valence electrons. The van der Waals surface area contributed by atoms with Gasteiger partial charge >= 0.3 is 0 Å². The predicted molar refractivity (Wildman–Crippen MR) is 69.6 cm³/mol. The molecule has 0 aliphatic rings. The summed E-state index contributed by atoms with van der Waals surface area (Å²) in [7, 11) is -4.21. The first-order valence-corrected chi connectivity index (χ1v) is 7.44. The first-order valence-electron chi connectivity index (χ1n) is 5.83. The number of nitrogens with two attached hydrogens (primary N) is 1. The van der Waals surface area contributed by atoms with Crippen molar-refractivity contribution in [1.29, 1.82) is 0 Å². The van der Waals surface area contributed by atoms with Gasteiger partial charge in [0.15, 0.2) is 0 Å². The summed E-state index contributed by atoms with van der Waals surface area (Å²) in [5, 5.41) is 0. The highest BCUT2D eigenvalue weighted by molar-refractivity contribution is 7.85. The lowest BCUT2D eigenvalue weighted by atomic mass is 10.1. The van der Waals surface area contributed by atoms with E-state index in [1.165, 1.54) is 0 Å². The molecule has 0 bridgehead atoms. The van der Waals surface area contributed by atoms with Gasteiger partial charge in [0.2, 0.25) is 0 Å². The summed E-state index contributed by atoms with van der Waals surface area (Å²) in [6.45, 7) is 3.57. The summed E-state index contributed by atoms with van der Waals surface area (Å²) in [6, 6.07) is 0. The Morgan fingerprint density at radius 2 is 1.78 bits per heavy atom. The van der Waals surface area contributed by atoms with Crippen LogP contribution < -0.4 is 5.73 Å². The van der Waals surface area contributed by atoms with Crippen LogP contribution in [0.4, 0.5) is 8.78 Å². The largest absolute Gasteiger partial charge is 0.327 e. The third-order valence-electron chi connectivity index (χ3n) is 1.96. The molecule has 3 N–H and O–H groups in total. The second-order valence-electron chi connectivity index (χ2n) is 3.76. The van der Waals surface area contributed by atoms with E-state index in [-0.39, 0.29) is 13.1 Å². The van der Waals surface area contributed by atoms with Crippen LogP contribution in [0.2, 0.25) is 0 Å². The Kier molecular flexibility index (Phi) is 14.2. The average molecular weight is 287 g/mol. The van der Waals surface area contributed by atoms with Gasteiger partial charge in [0, 0.05) is 6.54 Å². The van der Waals surface area contributed by atoms with Crippen molar-refractivity contribution in [2.75, 3.05) is 19.0 Å². The van der Waals surface area contributed by atoms with Crippen LogP contribution in [0.25, 0.3) is 0 Å². The molecule has 0 fully saturated rings. The molecule has 0 aromatic heterocycles. The minimum atomic E-state index is -4.21. The topological polar surface area (TPSA) is 80.4 Å². The molecule has 1 atom stereocenters. The van der Waals surface area contributed by atoms with E-state index in [2.05, 4.69) is 6.58 Å². The van der Waals surface area contributed by atoms with Gasteiger partial charge in [-0.3, -0.25) is 8.94 Å². The highest BCUT2D eigenvalue weighted by Crippen LogP contribution is 2.09. The fourth-order valence-electron chi connectivity index (χ4n) is 1.13. The summed E-state index contributed by atoms with van der Waals surface area (Å²) < 4.78 is 53.2. The quantitative estimate of drug-likeness (QED) is 0.387. The Labute approximate surface area is 108 Å². The second kappa shape index (κ2) is 12.9. The Morgan fingerprint density at radius 3 is 2.17 bits per heavy atom. The Morgan fingerprint density at radius 1 is 1.28 bits per heavy atom. The van der Waals surface area contributed by atoms with Gasteiger partial charge in [-0.15, -0.1) is 6.58 Å². The Balaban J connectivity index is 0.